The van der Waals surface area contributed by atoms with E-state index in [1.54, 1.807) is 7.11 Å². The van der Waals surface area contributed by atoms with Crippen molar-refractivity contribution in [1.82, 2.24) is 20.0 Å². The number of hydrogen-bond acceptors (Lipinski definition) is 5. The summed E-state index contributed by atoms with van der Waals surface area (Å²) in [4.78, 5) is 15.6. The molecule has 2 heterocycles. The van der Waals surface area contributed by atoms with Crippen molar-refractivity contribution in [3.05, 3.63) is 23.9 Å². The number of benzene rings is 1. The Hall–Kier alpha value is -2.12. The zero-order chi connectivity index (χ0) is 22.7. The van der Waals surface area contributed by atoms with Gasteiger partial charge in [-0.05, 0) is 42.6 Å². The smallest absolute Gasteiger partial charge is 0.272 e. The van der Waals surface area contributed by atoms with E-state index in [1.807, 2.05) is 22.9 Å². The number of carbonyl (C=O) groups is 1. The van der Waals surface area contributed by atoms with E-state index in [2.05, 4.69) is 31.0 Å². The SMILES string of the molecule is COc1cccc2c(C(=O)NCC3CCC(C)(C)CC3C)nn(CCN3CCOCC3)c12. The summed E-state index contributed by atoms with van der Waals surface area (Å²) >= 11 is 0. The maximum atomic E-state index is 13.2. The van der Waals surface area contributed by atoms with E-state index in [1.165, 1.54) is 12.8 Å². The maximum absolute atomic E-state index is 13.2. The van der Waals surface area contributed by atoms with Gasteiger partial charge in [-0.3, -0.25) is 14.4 Å². The molecule has 1 saturated carbocycles. The third-order valence-corrected chi connectivity index (χ3v) is 7.30. The molecule has 1 aliphatic heterocycles. The summed E-state index contributed by atoms with van der Waals surface area (Å²) in [5, 5.41) is 8.80. The second kappa shape index (κ2) is 9.79. The Morgan fingerprint density at radius 1 is 1.28 bits per heavy atom. The van der Waals surface area contributed by atoms with Gasteiger partial charge in [0.05, 0.1) is 26.9 Å². The molecule has 7 heteroatoms. The first-order valence-electron chi connectivity index (χ1n) is 12.0. The van der Waals surface area contributed by atoms with E-state index in [-0.39, 0.29) is 5.91 Å². The summed E-state index contributed by atoms with van der Waals surface area (Å²) < 4.78 is 13.0. The average molecular weight is 443 g/mol. The van der Waals surface area contributed by atoms with E-state index in [0.717, 1.165) is 55.9 Å². The fraction of sp³-hybridized carbons (Fsp3) is 0.680. The zero-order valence-electron chi connectivity index (χ0n) is 20.0. The Kier molecular flexibility index (Phi) is 7.05. The highest BCUT2D eigenvalue weighted by Crippen LogP contribution is 2.41. The molecule has 1 aromatic heterocycles. The predicted octanol–water partition coefficient (Wildman–Crippen LogP) is 3.57. The van der Waals surface area contributed by atoms with Crippen LogP contribution in [0.4, 0.5) is 0 Å². The number of rotatable bonds is 7. The van der Waals surface area contributed by atoms with Gasteiger partial charge in [-0.1, -0.05) is 32.9 Å². The standard InChI is InChI=1S/C25H38N4O3/c1-18-16-25(2,3)9-8-19(18)17-26-24(30)22-20-6-5-7-21(31-4)23(20)29(27-22)11-10-28-12-14-32-15-13-28/h5-7,18-19H,8-17H2,1-4H3,(H,26,30). The minimum Gasteiger partial charge on any atom is -0.494 e. The van der Waals surface area contributed by atoms with Gasteiger partial charge in [0.1, 0.15) is 11.3 Å². The second-order valence-corrected chi connectivity index (χ2v) is 10.2. The van der Waals surface area contributed by atoms with Crippen LogP contribution in [-0.4, -0.2) is 67.1 Å². The molecule has 2 unspecified atom stereocenters. The molecule has 1 N–H and O–H groups in total. The lowest BCUT2D eigenvalue weighted by molar-refractivity contribution is 0.0361. The van der Waals surface area contributed by atoms with Gasteiger partial charge in [0, 0.05) is 31.6 Å². The number of nitrogens with one attached hydrogen (secondary N) is 1. The second-order valence-electron chi connectivity index (χ2n) is 10.2. The number of nitrogens with zero attached hydrogens (tertiary/aromatic N) is 3. The number of methoxy groups -OCH3 is 1. The fourth-order valence-electron chi connectivity index (χ4n) is 5.37. The van der Waals surface area contributed by atoms with Crippen LogP contribution in [0.15, 0.2) is 18.2 Å². The molecule has 2 aliphatic rings. The van der Waals surface area contributed by atoms with Crippen LogP contribution in [0.25, 0.3) is 10.9 Å². The highest BCUT2D eigenvalue weighted by atomic mass is 16.5. The minimum atomic E-state index is -0.0922. The van der Waals surface area contributed by atoms with Crippen LogP contribution >= 0.6 is 0 Å². The Balaban J connectivity index is 1.49. The van der Waals surface area contributed by atoms with Crippen molar-refractivity contribution < 1.29 is 14.3 Å². The lowest BCUT2D eigenvalue weighted by Gasteiger charge is -2.39. The van der Waals surface area contributed by atoms with Crippen molar-refractivity contribution in [2.75, 3.05) is 46.5 Å². The third-order valence-electron chi connectivity index (χ3n) is 7.30. The minimum absolute atomic E-state index is 0.0922. The van der Waals surface area contributed by atoms with Crippen molar-refractivity contribution in [2.24, 2.45) is 17.3 Å². The summed E-state index contributed by atoms with van der Waals surface area (Å²) in [5.41, 5.74) is 1.79. The van der Waals surface area contributed by atoms with Gasteiger partial charge < -0.3 is 14.8 Å². The maximum Gasteiger partial charge on any atom is 0.272 e. The number of amides is 1. The summed E-state index contributed by atoms with van der Waals surface area (Å²) in [6.45, 7) is 12.7. The first-order valence-corrected chi connectivity index (χ1v) is 12.0. The van der Waals surface area contributed by atoms with Crippen molar-refractivity contribution >= 4 is 16.8 Å². The van der Waals surface area contributed by atoms with Crippen LogP contribution in [0, 0.1) is 17.3 Å². The summed E-state index contributed by atoms with van der Waals surface area (Å²) in [5.74, 6) is 1.79. The third kappa shape index (κ3) is 5.09. The molecular formula is C25H38N4O3. The molecule has 1 aliphatic carbocycles. The predicted molar refractivity (Wildman–Crippen MR) is 126 cm³/mol. The summed E-state index contributed by atoms with van der Waals surface area (Å²) in [6, 6.07) is 5.83. The van der Waals surface area contributed by atoms with E-state index >= 15 is 0 Å². The number of fused-ring (bicyclic) bond motifs is 1. The Labute approximate surface area is 191 Å². The number of morpholine rings is 1. The number of carbonyl (C=O) groups excluding carboxylic acids is 1. The molecule has 2 atom stereocenters. The lowest BCUT2D eigenvalue weighted by Crippen LogP contribution is -2.38. The molecule has 1 aromatic carbocycles. The van der Waals surface area contributed by atoms with Gasteiger partial charge >= 0.3 is 0 Å². The molecule has 1 saturated heterocycles. The summed E-state index contributed by atoms with van der Waals surface area (Å²) in [6.07, 6.45) is 3.59. The van der Waals surface area contributed by atoms with Crippen LogP contribution in [-0.2, 0) is 11.3 Å². The number of hydrogen-bond donors (Lipinski definition) is 1. The first-order chi connectivity index (χ1) is 15.4. The van der Waals surface area contributed by atoms with Gasteiger partial charge in [0.15, 0.2) is 5.69 Å². The van der Waals surface area contributed by atoms with E-state index in [4.69, 9.17) is 14.6 Å². The van der Waals surface area contributed by atoms with Crippen molar-refractivity contribution in [3.8, 4) is 5.75 Å². The molecule has 4 rings (SSSR count). The topological polar surface area (TPSA) is 68.6 Å². The van der Waals surface area contributed by atoms with Crippen molar-refractivity contribution in [1.29, 1.82) is 0 Å². The monoisotopic (exact) mass is 442 g/mol. The Morgan fingerprint density at radius 3 is 2.78 bits per heavy atom. The van der Waals surface area contributed by atoms with Gasteiger partial charge in [-0.15, -0.1) is 0 Å². The Bertz CT molecular complexity index is 933. The van der Waals surface area contributed by atoms with E-state index in [9.17, 15) is 4.79 Å². The fourth-order valence-corrected chi connectivity index (χ4v) is 5.37. The largest absolute Gasteiger partial charge is 0.494 e. The molecule has 2 aromatic rings. The molecule has 1 amide bonds. The van der Waals surface area contributed by atoms with Crippen molar-refractivity contribution in [2.45, 2.75) is 46.6 Å². The van der Waals surface area contributed by atoms with E-state index in [0.29, 0.717) is 36.0 Å². The lowest BCUT2D eigenvalue weighted by atomic mass is 9.68. The van der Waals surface area contributed by atoms with Crippen molar-refractivity contribution in [3.63, 3.8) is 0 Å². The molecule has 176 valence electrons. The average Bonchev–Trinajstić information content (AvgIpc) is 3.16. The highest BCUT2D eigenvalue weighted by molar-refractivity contribution is 6.06. The normalized spacial score (nSPS) is 23.9. The van der Waals surface area contributed by atoms with Crippen LogP contribution in [0.2, 0.25) is 0 Å². The molecule has 32 heavy (non-hydrogen) atoms. The van der Waals surface area contributed by atoms with Crippen LogP contribution < -0.4 is 10.1 Å². The molecule has 0 radical (unpaired) electrons. The number of ether oxygens (including phenoxy) is 2. The molecule has 7 nitrogen and oxygen atoms in total. The Morgan fingerprint density at radius 2 is 2.06 bits per heavy atom. The molecule has 0 bridgehead atoms. The zero-order valence-corrected chi connectivity index (χ0v) is 20.0. The quantitative estimate of drug-likeness (QED) is 0.710. The van der Waals surface area contributed by atoms with Crippen LogP contribution in [0.1, 0.15) is 50.5 Å². The summed E-state index contributed by atoms with van der Waals surface area (Å²) in [7, 11) is 1.67. The van der Waals surface area contributed by atoms with Gasteiger partial charge in [-0.25, -0.2) is 0 Å². The molecule has 2 fully saturated rings. The highest BCUT2D eigenvalue weighted by Gasteiger charge is 2.32. The van der Waals surface area contributed by atoms with E-state index < -0.39 is 0 Å². The molecular weight excluding hydrogens is 404 g/mol. The van der Waals surface area contributed by atoms with Gasteiger partial charge in [0.2, 0.25) is 0 Å². The van der Waals surface area contributed by atoms with Gasteiger partial charge in [-0.2, -0.15) is 5.10 Å². The number of aromatic nitrogens is 2. The molecule has 0 spiro atoms. The number of para-hydroxylation sites is 1. The van der Waals surface area contributed by atoms with Crippen LogP contribution in [0.3, 0.4) is 0 Å². The van der Waals surface area contributed by atoms with Crippen LogP contribution in [0.5, 0.6) is 5.75 Å². The van der Waals surface area contributed by atoms with Gasteiger partial charge in [0.25, 0.3) is 5.91 Å². The first kappa shape index (κ1) is 23.1.